The van der Waals surface area contributed by atoms with E-state index in [-0.39, 0.29) is 6.04 Å². The maximum atomic E-state index is 6.23. The van der Waals surface area contributed by atoms with Crippen LogP contribution in [0.15, 0.2) is 18.2 Å². The Balaban J connectivity index is 2.24. The van der Waals surface area contributed by atoms with Gasteiger partial charge in [0.2, 0.25) is 0 Å². The summed E-state index contributed by atoms with van der Waals surface area (Å²) in [5.74, 6) is 2.09. The monoisotopic (exact) mass is 249 g/mol. The highest BCUT2D eigenvalue weighted by atomic mass is 16.5. The SMILES string of the molecule is CCOc1cc(C2CCCCC2N)ccc1OC. The average Bonchev–Trinajstić information content (AvgIpc) is 2.40. The first kappa shape index (κ1) is 13.2. The quantitative estimate of drug-likeness (QED) is 0.892. The van der Waals surface area contributed by atoms with Crippen LogP contribution in [-0.2, 0) is 0 Å². The van der Waals surface area contributed by atoms with Gasteiger partial charge in [-0.15, -0.1) is 0 Å². The van der Waals surface area contributed by atoms with Crippen LogP contribution < -0.4 is 15.2 Å². The van der Waals surface area contributed by atoms with E-state index < -0.39 is 0 Å². The topological polar surface area (TPSA) is 44.5 Å². The largest absolute Gasteiger partial charge is 0.493 e. The van der Waals surface area contributed by atoms with Crippen LogP contribution in [0.1, 0.15) is 44.1 Å². The summed E-state index contributed by atoms with van der Waals surface area (Å²) in [5, 5.41) is 0. The first-order chi connectivity index (χ1) is 8.76. The number of benzene rings is 1. The highest BCUT2D eigenvalue weighted by Crippen LogP contribution is 2.36. The molecule has 1 aliphatic carbocycles. The van der Waals surface area contributed by atoms with Crippen molar-refractivity contribution in [3.8, 4) is 11.5 Å². The summed E-state index contributed by atoms with van der Waals surface area (Å²) in [6.07, 6.45) is 4.83. The van der Waals surface area contributed by atoms with Gasteiger partial charge in [0.25, 0.3) is 0 Å². The highest BCUT2D eigenvalue weighted by Gasteiger charge is 2.24. The van der Waals surface area contributed by atoms with Crippen molar-refractivity contribution < 1.29 is 9.47 Å². The number of methoxy groups -OCH3 is 1. The van der Waals surface area contributed by atoms with Crippen molar-refractivity contribution in [1.29, 1.82) is 0 Å². The number of hydrogen-bond acceptors (Lipinski definition) is 3. The van der Waals surface area contributed by atoms with Crippen LogP contribution in [0.4, 0.5) is 0 Å². The second-order valence-corrected chi connectivity index (χ2v) is 4.90. The molecule has 2 atom stereocenters. The Morgan fingerprint density at radius 3 is 2.67 bits per heavy atom. The molecule has 0 heterocycles. The van der Waals surface area contributed by atoms with E-state index in [9.17, 15) is 0 Å². The molecule has 2 unspecified atom stereocenters. The zero-order valence-electron chi connectivity index (χ0n) is 11.3. The molecule has 0 bridgehead atoms. The minimum absolute atomic E-state index is 0.279. The fraction of sp³-hybridized carbons (Fsp3) is 0.600. The van der Waals surface area contributed by atoms with E-state index >= 15 is 0 Å². The van der Waals surface area contributed by atoms with Crippen molar-refractivity contribution >= 4 is 0 Å². The van der Waals surface area contributed by atoms with Gasteiger partial charge < -0.3 is 15.2 Å². The Bertz CT molecular complexity index is 392. The zero-order chi connectivity index (χ0) is 13.0. The van der Waals surface area contributed by atoms with Crippen LogP contribution in [0, 0.1) is 0 Å². The molecule has 18 heavy (non-hydrogen) atoms. The van der Waals surface area contributed by atoms with Crippen LogP contribution in [-0.4, -0.2) is 19.8 Å². The highest BCUT2D eigenvalue weighted by molar-refractivity contribution is 5.44. The van der Waals surface area contributed by atoms with E-state index in [4.69, 9.17) is 15.2 Å². The molecule has 1 fully saturated rings. The van der Waals surface area contributed by atoms with Gasteiger partial charge in [0, 0.05) is 6.04 Å². The lowest BCUT2D eigenvalue weighted by Gasteiger charge is -2.29. The van der Waals surface area contributed by atoms with Gasteiger partial charge in [-0.1, -0.05) is 18.9 Å². The minimum atomic E-state index is 0.279. The van der Waals surface area contributed by atoms with E-state index in [1.165, 1.54) is 24.8 Å². The van der Waals surface area contributed by atoms with Gasteiger partial charge in [-0.2, -0.15) is 0 Å². The minimum Gasteiger partial charge on any atom is -0.493 e. The van der Waals surface area contributed by atoms with Crippen molar-refractivity contribution in [2.45, 2.75) is 44.6 Å². The Morgan fingerprint density at radius 1 is 1.22 bits per heavy atom. The maximum Gasteiger partial charge on any atom is 0.161 e. The molecule has 0 aromatic heterocycles. The summed E-state index contributed by atoms with van der Waals surface area (Å²) in [5.41, 5.74) is 7.52. The van der Waals surface area contributed by atoms with Crippen LogP contribution >= 0.6 is 0 Å². The first-order valence-corrected chi connectivity index (χ1v) is 6.82. The predicted molar refractivity (Wildman–Crippen MR) is 73.3 cm³/mol. The summed E-state index contributed by atoms with van der Waals surface area (Å²) >= 11 is 0. The number of ether oxygens (including phenoxy) is 2. The van der Waals surface area contributed by atoms with E-state index in [2.05, 4.69) is 12.1 Å². The van der Waals surface area contributed by atoms with Crippen molar-refractivity contribution in [3.05, 3.63) is 23.8 Å². The maximum absolute atomic E-state index is 6.23. The molecule has 0 amide bonds. The van der Waals surface area contributed by atoms with Crippen LogP contribution in [0.25, 0.3) is 0 Å². The van der Waals surface area contributed by atoms with Gasteiger partial charge in [-0.3, -0.25) is 0 Å². The van der Waals surface area contributed by atoms with Crippen molar-refractivity contribution in [2.24, 2.45) is 5.73 Å². The van der Waals surface area contributed by atoms with Crippen molar-refractivity contribution in [1.82, 2.24) is 0 Å². The molecule has 1 aromatic rings. The summed E-state index contributed by atoms with van der Waals surface area (Å²) in [6.45, 7) is 2.63. The normalized spacial score (nSPS) is 23.7. The number of rotatable bonds is 4. The summed E-state index contributed by atoms with van der Waals surface area (Å²) in [7, 11) is 1.67. The van der Waals surface area contributed by atoms with Crippen LogP contribution in [0.5, 0.6) is 11.5 Å². The van der Waals surface area contributed by atoms with Crippen molar-refractivity contribution in [3.63, 3.8) is 0 Å². The summed E-state index contributed by atoms with van der Waals surface area (Å²) in [4.78, 5) is 0. The third-order valence-corrected chi connectivity index (χ3v) is 3.74. The zero-order valence-corrected chi connectivity index (χ0v) is 11.3. The fourth-order valence-electron chi connectivity index (χ4n) is 2.77. The second kappa shape index (κ2) is 6.10. The molecular formula is C15H23NO2. The molecule has 1 aromatic carbocycles. The lowest BCUT2D eigenvalue weighted by Crippen LogP contribution is -2.31. The van der Waals surface area contributed by atoms with Gasteiger partial charge in [0.05, 0.1) is 13.7 Å². The average molecular weight is 249 g/mol. The van der Waals surface area contributed by atoms with Gasteiger partial charge in [0.1, 0.15) is 0 Å². The molecule has 0 saturated heterocycles. The third kappa shape index (κ3) is 2.78. The molecular weight excluding hydrogens is 226 g/mol. The van der Waals surface area contributed by atoms with Crippen LogP contribution in [0.2, 0.25) is 0 Å². The molecule has 0 spiro atoms. The summed E-state index contributed by atoms with van der Waals surface area (Å²) in [6, 6.07) is 6.48. The molecule has 0 aliphatic heterocycles. The van der Waals surface area contributed by atoms with E-state index in [0.29, 0.717) is 12.5 Å². The molecule has 2 N–H and O–H groups in total. The number of nitrogens with two attached hydrogens (primary N) is 1. The molecule has 0 radical (unpaired) electrons. The lowest BCUT2D eigenvalue weighted by molar-refractivity contribution is 0.309. The molecule has 2 rings (SSSR count). The second-order valence-electron chi connectivity index (χ2n) is 4.90. The van der Waals surface area contributed by atoms with E-state index in [1.807, 2.05) is 13.0 Å². The Labute approximate surface area is 109 Å². The van der Waals surface area contributed by atoms with Crippen molar-refractivity contribution in [2.75, 3.05) is 13.7 Å². The fourth-order valence-corrected chi connectivity index (χ4v) is 2.77. The third-order valence-electron chi connectivity index (χ3n) is 3.74. The van der Waals surface area contributed by atoms with Gasteiger partial charge in [-0.25, -0.2) is 0 Å². The van der Waals surface area contributed by atoms with Crippen LogP contribution in [0.3, 0.4) is 0 Å². The van der Waals surface area contributed by atoms with Gasteiger partial charge >= 0.3 is 0 Å². The van der Waals surface area contributed by atoms with E-state index in [0.717, 1.165) is 17.9 Å². The lowest BCUT2D eigenvalue weighted by atomic mass is 9.80. The smallest absolute Gasteiger partial charge is 0.161 e. The Kier molecular flexibility index (Phi) is 4.48. The molecule has 3 nitrogen and oxygen atoms in total. The summed E-state index contributed by atoms with van der Waals surface area (Å²) < 4.78 is 10.9. The standard InChI is InChI=1S/C15H23NO2/c1-3-18-15-10-11(8-9-14(15)17-2)12-6-4-5-7-13(12)16/h8-10,12-13H,3-7,16H2,1-2H3. The molecule has 3 heteroatoms. The van der Waals surface area contributed by atoms with E-state index in [1.54, 1.807) is 7.11 Å². The molecule has 1 aliphatic rings. The predicted octanol–water partition coefficient (Wildman–Crippen LogP) is 3.08. The van der Waals surface area contributed by atoms with Gasteiger partial charge in [0.15, 0.2) is 11.5 Å². The molecule has 1 saturated carbocycles. The molecule has 100 valence electrons. The Hall–Kier alpha value is -1.22. The first-order valence-electron chi connectivity index (χ1n) is 6.82. The Morgan fingerprint density at radius 2 is 2.00 bits per heavy atom. The number of hydrogen-bond donors (Lipinski definition) is 1. The van der Waals surface area contributed by atoms with Gasteiger partial charge in [-0.05, 0) is 43.4 Å².